The summed E-state index contributed by atoms with van der Waals surface area (Å²) in [5.74, 6) is 0. The topological polar surface area (TPSA) is 0 Å². The fourth-order valence-electron chi connectivity index (χ4n) is 4.05. The van der Waals surface area contributed by atoms with E-state index in [9.17, 15) is 0 Å². The first-order valence-corrected chi connectivity index (χ1v) is 12.0. The molecule has 0 aromatic heterocycles. The highest BCUT2D eigenvalue weighted by Gasteiger charge is 2.15. The van der Waals surface area contributed by atoms with Gasteiger partial charge in [0.1, 0.15) is 0 Å². The molecular formula is C22H19Br3. The van der Waals surface area contributed by atoms with Gasteiger partial charge in [0.2, 0.25) is 0 Å². The van der Waals surface area contributed by atoms with Crippen molar-refractivity contribution in [1.82, 2.24) is 0 Å². The van der Waals surface area contributed by atoms with Crippen LogP contribution in [0.1, 0.15) is 16.7 Å². The molecule has 0 spiro atoms. The molecule has 0 aliphatic carbocycles. The zero-order chi connectivity index (χ0) is 17.4. The molecule has 0 saturated carbocycles. The van der Waals surface area contributed by atoms with Crippen LogP contribution in [0.25, 0.3) is 32.3 Å². The lowest BCUT2D eigenvalue weighted by atomic mass is 9.86. The van der Waals surface area contributed by atoms with Gasteiger partial charge < -0.3 is 0 Å². The normalized spacial score (nSPS) is 12.0. The summed E-state index contributed by atoms with van der Waals surface area (Å²) in [4.78, 5) is 0. The fraction of sp³-hybridized carbons (Fsp3) is 0.273. The van der Waals surface area contributed by atoms with E-state index in [-0.39, 0.29) is 0 Å². The third-order valence-electron chi connectivity index (χ3n) is 5.13. The van der Waals surface area contributed by atoms with Crippen molar-refractivity contribution in [1.29, 1.82) is 0 Å². The molecule has 4 rings (SSSR count). The van der Waals surface area contributed by atoms with E-state index in [1.165, 1.54) is 49.0 Å². The molecule has 4 aromatic rings. The second kappa shape index (κ2) is 7.54. The van der Waals surface area contributed by atoms with E-state index in [1.54, 1.807) is 0 Å². The Balaban J connectivity index is 2.17. The zero-order valence-corrected chi connectivity index (χ0v) is 18.7. The molecule has 0 amide bonds. The van der Waals surface area contributed by atoms with Crippen LogP contribution in [0, 0.1) is 0 Å². The molecule has 4 aromatic carbocycles. The summed E-state index contributed by atoms with van der Waals surface area (Å²) in [7, 11) is 0. The highest BCUT2D eigenvalue weighted by Crippen LogP contribution is 2.39. The summed E-state index contributed by atoms with van der Waals surface area (Å²) >= 11 is 10.9. The third kappa shape index (κ3) is 3.02. The Morgan fingerprint density at radius 2 is 1.00 bits per heavy atom. The number of benzene rings is 4. The first kappa shape index (κ1) is 17.8. The van der Waals surface area contributed by atoms with Gasteiger partial charge in [0, 0.05) is 16.0 Å². The van der Waals surface area contributed by atoms with Gasteiger partial charge in [-0.25, -0.2) is 0 Å². The minimum atomic E-state index is 1.000. The average molecular weight is 523 g/mol. The predicted molar refractivity (Wildman–Crippen MR) is 123 cm³/mol. The van der Waals surface area contributed by atoms with Crippen molar-refractivity contribution in [2.24, 2.45) is 0 Å². The second-order valence-corrected chi connectivity index (χ2v) is 8.86. The Bertz CT molecular complexity index is 1010. The lowest BCUT2D eigenvalue weighted by Gasteiger charge is -2.18. The van der Waals surface area contributed by atoms with Gasteiger partial charge in [-0.1, -0.05) is 90.3 Å². The molecule has 0 aliphatic heterocycles. The third-order valence-corrected chi connectivity index (χ3v) is 6.32. The van der Waals surface area contributed by atoms with Crippen molar-refractivity contribution in [3.8, 4) is 0 Å². The van der Waals surface area contributed by atoms with Gasteiger partial charge in [-0.15, -0.1) is 0 Å². The van der Waals surface area contributed by atoms with Gasteiger partial charge in [-0.05, 0) is 68.3 Å². The summed E-state index contributed by atoms with van der Waals surface area (Å²) in [6.45, 7) is 0. The molecule has 0 bridgehead atoms. The Labute approximate surface area is 173 Å². The molecule has 0 radical (unpaired) electrons. The quantitative estimate of drug-likeness (QED) is 0.183. The van der Waals surface area contributed by atoms with Gasteiger partial charge in [0.15, 0.2) is 0 Å². The predicted octanol–water partition coefficient (Wildman–Crippen LogP) is 7.40. The second-order valence-electron chi connectivity index (χ2n) is 6.48. The Kier molecular flexibility index (Phi) is 5.35. The molecule has 0 atom stereocenters. The molecule has 25 heavy (non-hydrogen) atoms. The van der Waals surface area contributed by atoms with Crippen molar-refractivity contribution in [3.63, 3.8) is 0 Å². The summed E-state index contributed by atoms with van der Waals surface area (Å²) in [6.07, 6.45) is 3.20. The van der Waals surface area contributed by atoms with Gasteiger partial charge >= 0.3 is 0 Å². The van der Waals surface area contributed by atoms with Crippen LogP contribution < -0.4 is 0 Å². The molecule has 0 N–H and O–H groups in total. The summed E-state index contributed by atoms with van der Waals surface area (Å²) in [5.41, 5.74) is 4.35. The van der Waals surface area contributed by atoms with E-state index in [4.69, 9.17) is 0 Å². The van der Waals surface area contributed by atoms with Crippen LogP contribution in [-0.4, -0.2) is 16.0 Å². The van der Waals surface area contributed by atoms with Crippen LogP contribution in [0.2, 0.25) is 0 Å². The van der Waals surface area contributed by atoms with E-state index < -0.39 is 0 Å². The SMILES string of the molecule is BrCCc1ccc2ccc3c(CCBr)cc(CCBr)c4ccc1c2c34. The molecule has 0 unspecified atom stereocenters. The minimum absolute atomic E-state index is 1.000. The molecule has 128 valence electrons. The van der Waals surface area contributed by atoms with Crippen molar-refractivity contribution >= 4 is 80.1 Å². The minimum Gasteiger partial charge on any atom is -0.0924 e. The number of halogens is 3. The molecule has 0 aliphatic rings. The van der Waals surface area contributed by atoms with Gasteiger partial charge in [-0.3, -0.25) is 0 Å². The first-order valence-electron chi connectivity index (χ1n) is 8.67. The van der Waals surface area contributed by atoms with Crippen molar-refractivity contribution in [2.75, 3.05) is 16.0 Å². The lowest BCUT2D eigenvalue weighted by molar-refractivity contribution is 1.14. The molecule has 0 heterocycles. The van der Waals surface area contributed by atoms with Crippen molar-refractivity contribution < 1.29 is 0 Å². The highest BCUT2D eigenvalue weighted by atomic mass is 79.9. The van der Waals surface area contributed by atoms with Crippen molar-refractivity contribution in [3.05, 3.63) is 59.2 Å². The van der Waals surface area contributed by atoms with Crippen LogP contribution in [0.5, 0.6) is 0 Å². The molecule has 3 heteroatoms. The summed E-state index contributed by atoms with van der Waals surface area (Å²) in [5, 5.41) is 11.5. The fourth-order valence-corrected chi connectivity index (χ4v) is 5.33. The Hall–Kier alpha value is -0.640. The maximum absolute atomic E-state index is 3.64. The van der Waals surface area contributed by atoms with Crippen LogP contribution >= 0.6 is 47.8 Å². The monoisotopic (exact) mass is 520 g/mol. The number of hydrogen-bond acceptors (Lipinski definition) is 0. The van der Waals surface area contributed by atoms with E-state index >= 15 is 0 Å². The maximum atomic E-state index is 3.64. The van der Waals surface area contributed by atoms with E-state index in [1.807, 2.05) is 0 Å². The van der Waals surface area contributed by atoms with Crippen LogP contribution in [0.3, 0.4) is 0 Å². The Morgan fingerprint density at radius 3 is 1.60 bits per heavy atom. The summed E-state index contributed by atoms with van der Waals surface area (Å²) < 4.78 is 0. The number of rotatable bonds is 6. The first-order chi connectivity index (χ1) is 12.3. The van der Waals surface area contributed by atoms with Crippen LogP contribution in [-0.2, 0) is 19.3 Å². The lowest BCUT2D eigenvalue weighted by Crippen LogP contribution is -1.98. The zero-order valence-electron chi connectivity index (χ0n) is 13.9. The van der Waals surface area contributed by atoms with E-state index in [2.05, 4.69) is 90.3 Å². The average Bonchev–Trinajstić information content (AvgIpc) is 2.63. The molecule has 0 saturated heterocycles. The van der Waals surface area contributed by atoms with Crippen LogP contribution in [0.4, 0.5) is 0 Å². The smallest absolute Gasteiger partial charge is 0.00720 e. The van der Waals surface area contributed by atoms with Gasteiger partial charge in [-0.2, -0.15) is 0 Å². The van der Waals surface area contributed by atoms with Gasteiger partial charge in [0.05, 0.1) is 0 Å². The number of hydrogen-bond donors (Lipinski definition) is 0. The number of alkyl halides is 3. The molecule has 0 fully saturated rings. The van der Waals surface area contributed by atoms with Gasteiger partial charge in [0.25, 0.3) is 0 Å². The van der Waals surface area contributed by atoms with E-state index in [0.717, 1.165) is 35.3 Å². The van der Waals surface area contributed by atoms with Crippen molar-refractivity contribution in [2.45, 2.75) is 19.3 Å². The van der Waals surface area contributed by atoms with Crippen LogP contribution in [0.15, 0.2) is 42.5 Å². The Morgan fingerprint density at radius 1 is 0.520 bits per heavy atom. The maximum Gasteiger partial charge on any atom is 0.00720 e. The molecular weight excluding hydrogens is 504 g/mol. The standard InChI is InChI=1S/C22H19Br3/c23-10-7-14-1-2-15-3-4-19-16(8-11-24)13-17(9-12-25)20-6-5-18(14)21(15)22(19)20/h1-6,13H,7-12H2. The summed E-state index contributed by atoms with van der Waals surface area (Å²) in [6, 6.07) is 16.3. The number of aryl methyl sites for hydroxylation is 3. The van der Waals surface area contributed by atoms with E-state index in [0.29, 0.717) is 0 Å². The largest absolute Gasteiger partial charge is 0.0924 e. The highest BCUT2D eigenvalue weighted by molar-refractivity contribution is 9.09. The molecule has 0 nitrogen and oxygen atoms in total.